The summed E-state index contributed by atoms with van der Waals surface area (Å²) in [6.45, 7) is 6.67. The molecule has 0 radical (unpaired) electrons. The Morgan fingerprint density at radius 1 is 1.25 bits per heavy atom. The number of nitrogens with zero attached hydrogens (tertiary/aromatic N) is 2. The molecule has 1 amide bonds. The number of likely N-dealkylation sites (tertiary alicyclic amines) is 1. The first-order valence-electron chi connectivity index (χ1n) is 8.46. The van der Waals surface area contributed by atoms with Gasteiger partial charge in [0.05, 0.1) is 6.61 Å². The standard InChI is InChI=1S/C18H24N2O4/c1-3-19-10-8-18(9-11-19)20(15(12-24-18)17(22)23)16(21)14-6-4-13(2)5-7-14/h4-7,15H,3,8-12H2,1-2H3,(H,22,23)/t15-/m0/s1. The molecule has 2 heterocycles. The van der Waals surface area contributed by atoms with Crippen molar-refractivity contribution < 1.29 is 19.4 Å². The first kappa shape index (κ1) is 16.9. The van der Waals surface area contributed by atoms with Crippen LogP contribution in [-0.4, -0.2) is 64.8 Å². The monoisotopic (exact) mass is 332 g/mol. The van der Waals surface area contributed by atoms with Crippen LogP contribution in [0.1, 0.15) is 35.7 Å². The van der Waals surface area contributed by atoms with Gasteiger partial charge in [0.1, 0.15) is 5.72 Å². The van der Waals surface area contributed by atoms with E-state index in [4.69, 9.17) is 4.74 Å². The minimum Gasteiger partial charge on any atom is -0.480 e. The van der Waals surface area contributed by atoms with E-state index < -0.39 is 17.7 Å². The molecule has 24 heavy (non-hydrogen) atoms. The lowest BCUT2D eigenvalue weighted by molar-refractivity contribution is -0.143. The van der Waals surface area contributed by atoms with Gasteiger partial charge < -0.3 is 14.7 Å². The van der Waals surface area contributed by atoms with Gasteiger partial charge in [-0.05, 0) is 25.6 Å². The van der Waals surface area contributed by atoms with Crippen LogP contribution in [0.4, 0.5) is 0 Å². The van der Waals surface area contributed by atoms with E-state index in [0.717, 1.165) is 25.2 Å². The number of hydrogen-bond acceptors (Lipinski definition) is 4. The van der Waals surface area contributed by atoms with Crippen LogP contribution in [0.25, 0.3) is 0 Å². The summed E-state index contributed by atoms with van der Waals surface area (Å²) < 4.78 is 5.92. The zero-order valence-electron chi connectivity index (χ0n) is 14.2. The third-order valence-corrected chi connectivity index (χ3v) is 5.15. The lowest BCUT2D eigenvalue weighted by atomic mass is 9.96. The van der Waals surface area contributed by atoms with Crippen molar-refractivity contribution in [2.45, 2.75) is 38.5 Å². The zero-order chi connectivity index (χ0) is 17.3. The van der Waals surface area contributed by atoms with Crippen molar-refractivity contribution in [3.8, 4) is 0 Å². The van der Waals surface area contributed by atoms with E-state index in [1.165, 1.54) is 4.90 Å². The molecule has 6 heteroatoms. The number of carbonyl (C=O) groups is 2. The van der Waals surface area contributed by atoms with Crippen LogP contribution in [-0.2, 0) is 9.53 Å². The van der Waals surface area contributed by atoms with Gasteiger partial charge >= 0.3 is 5.97 Å². The molecular formula is C18H24N2O4. The second-order valence-electron chi connectivity index (χ2n) is 6.59. The van der Waals surface area contributed by atoms with Crippen molar-refractivity contribution in [2.75, 3.05) is 26.2 Å². The first-order valence-corrected chi connectivity index (χ1v) is 8.46. The summed E-state index contributed by atoms with van der Waals surface area (Å²) in [5.41, 5.74) is 0.774. The Morgan fingerprint density at radius 3 is 2.42 bits per heavy atom. The van der Waals surface area contributed by atoms with Crippen LogP contribution >= 0.6 is 0 Å². The smallest absolute Gasteiger partial charge is 0.328 e. The summed E-state index contributed by atoms with van der Waals surface area (Å²) in [4.78, 5) is 28.5. The number of aryl methyl sites for hydroxylation is 1. The van der Waals surface area contributed by atoms with E-state index in [0.29, 0.717) is 18.4 Å². The average molecular weight is 332 g/mol. The van der Waals surface area contributed by atoms with Gasteiger partial charge in [0.15, 0.2) is 6.04 Å². The fourth-order valence-electron chi connectivity index (χ4n) is 3.61. The first-order chi connectivity index (χ1) is 11.5. The van der Waals surface area contributed by atoms with Crippen molar-refractivity contribution in [1.29, 1.82) is 0 Å². The molecule has 130 valence electrons. The number of rotatable bonds is 3. The molecule has 1 aromatic rings. The van der Waals surface area contributed by atoms with Crippen LogP contribution in [0, 0.1) is 6.92 Å². The van der Waals surface area contributed by atoms with Crippen molar-refractivity contribution in [2.24, 2.45) is 0 Å². The Balaban J connectivity index is 1.91. The van der Waals surface area contributed by atoms with E-state index >= 15 is 0 Å². The molecule has 2 saturated heterocycles. The molecule has 1 spiro atoms. The molecule has 0 aromatic heterocycles. The number of carboxylic acid groups (broad SMARTS) is 1. The molecule has 6 nitrogen and oxygen atoms in total. The Hall–Kier alpha value is -1.92. The highest BCUT2D eigenvalue weighted by molar-refractivity contribution is 5.97. The molecule has 0 aliphatic carbocycles. The van der Waals surface area contributed by atoms with Crippen LogP contribution in [0.2, 0.25) is 0 Å². The summed E-state index contributed by atoms with van der Waals surface area (Å²) in [5, 5.41) is 9.55. The minimum absolute atomic E-state index is 0.0546. The molecule has 3 rings (SSSR count). The van der Waals surface area contributed by atoms with Crippen LogP contribution in [0.5, 0.6) is 0 Å². The van der Waals surface area contributed by atoms with Crippen molar-refractivity contribution in [3.63, 3.8) is 0 Å². The number of carbonyl (C=O) groups excluding carboxylic acids is 1. The molecule has 1 N–H and O–H groups in total. The molecule has 1 atom stereocenters. The van der Waals surface area contributed by atoms with Gasteiger partial charge in [-0.2, -0.15) is 0 Å². The quantitative estimate of drug-likeness (QED) is 0.913. The molecule has 2 aliphatic heterocycles. The highest BCUT2D eigenvalue weighted by Crippen LogP contribution is 2.38. The Bertz CT molecular complexity index is 620. The number of ether oxygens (including phenoxy) is 1. The van der Waals surface area contributed by atoms with Crippen LogP contribution in [0.15, 0.2) is 24.3 Å². The number of amides is 1. The second-order valence-corrected chi connectivity index (χ2v) is 6.59. The molecule has 2 fully saturated rings. The van der Waals surface area contributed by atoms with E-state index in [1.54, 1.807) is 12.1 Å². The highest BCUT2D eigenvalue weighted by Gasteiger charge is 2.53. The number of carboxylic acids is 1. The maximum atomic E-state index is 13.1. The number of aliphatic carboxylic acids is 1. The third kappa shape index (κ3) is 2.91. The highest BCUT2D eigenvalue weighted by atomic mass is 16.5. The third-order valence-electron chi connectivity index (χ3n) is 5.15. The minimum atomic E-state index is -1.01. The topological polar surface area (TPSA) is 70.1 Å². The maximum absolute atomic E-state index is 13.1. The van der Waals surface area contributed by atoms with Gasteiger partial charge in [0.25, 0.3) is 5.91 Å². The lowest BCUT2D eigenvalue weighted by Crippen LogP contribution is -2.58. The Labute approximate surface area is 142 Å². The predicted octanol–water partition coefficient (Wildman–Crippen LogP) is 1.73. The van der Waals surface area contributed by atoms with Gasteiger partial charge in [-0.3, -0.25) is 9.69 Å². The van der Waals surface area contributed by atoms with Gasteiger partial charge in [-0.15, -0.1) is 0 Å². The van der Waals surface area contributed by atoms with Gasteiger partial charge in [0, 0.05) is 31.5 Å². The van der Waals surface area contributed by atoms with E-state index in [1.807, 2.05) is 19.1 Å². The second kappa shape index (κ2) is 6.53. The summed E-state index contributed by atoms with van der Waals surface area (Å²) in [6.07, 6.45) is 1.28. The Morgan fingerprint density at radius 2 is 1.88 bits per heavy atom. The summed E-state index contributed by atoms with van der Waals surface area (Å²) in [7, 11) is 0. The van der Waals surface area contributed by atoms with Crippen molar-refractivity contribution >= 4 is 11.9 Å². The molecule has 0 unspecified atom stereocenters. The summed E-state index contributed by atoms with van der Waals surface area (Å²) >= 11 is 0. The van der Waals surface area contributed by atoms with Crippen LogP contribution in [0.3, 0.4) is 0 Å². The fraction of sp³-hybridized carbons (Fsp3) is 0.556. The van der Waals surface area contributed by atoms with Crippen molar-refractivity contribution in [3.05, 3.63) is 35.4 Å². The van der Waals surface area contributed by atoms with E-state index in [-0.39, 0.29) is 12.5 Å². The maximum Gasteiger partial charge on any atom is 0.328 e. The fourth-order valence-corrected chi connectivity index (χ4v) is 3.61. The lowest BCUT2D eigenvalue weighted by Gasteiger charge is -2.44. The SMILES string of the molecule is CCN1CCC2(CC1)OC[C@@H](C(=O)O)N2C(=O)c1ccc(C)cc1. The van der Waals surface area contributed by atoms with Gasteiger partial charge in [-0.25, -0.2) is 4.79 Å². The van der Waals surface area contributed by atoms with Gasteiger partial charge in [-0.1, -0.05) is 24.6 Å². The van der Waals surface area contributed by atoms with Crippen LogP contribution < -0.4 is 0 Å². The number of piperidine rings is 1. The molecule has 0 saturated carbocycles. The summed E-state index contributed by atoms with van der Waals surface area (Å²) in [5.74, 6) is -1.27. The van der Waals surface area contributed by atoms with Crippen molar-refractivity contribution in [1.82, 2.24) is 9.80 Å². The molecule has 1 aromatic carbocycles. The molecule has 0 bridgehead atoms. The number of benzene rings is 1. The molecule has 2 aliphatic rings. The largest absolute Gasteiger partial charge is 0.480 e. The number of hydrogen-bond donors (Lipinski definition) is 1. The Kier molecular flexibility index (Phi) is 4.60. The normalized spacial score (nSPS) is 23.6. The average Bonchev–Trinajstić information content (AvgIpc) is 2.95. The molecular weight excluding hydrogens is 308 g/mol. The predicted molar refractivity (Wildman–Crippen MR) is 88.8 cm³/mol. The zero-order valence-corrected chi connectivity index (χ0v) is 14.2. The van der Waals surface area contributed by atoms with E-state index in [2.05, 4.69) is 11.8 Å². The summed E-state index contributed by atoms with van der Waals surface area (Å²) in [6, 6.07) is 6.32. The van der Waals surface area contributed by atoms with E-state index in [9.17, 15) is 14.7 Å². The van der Waals surface area contributed by atoms with Gasteiger partial charge in [0.2, 0.25) is 0 Å².